The van der Waals surface area contributed by atoms with E-state index in [0.29, 0.717) is 0 Å². The van der Waals surface area contributed by atoms with E-state index in [1.54, 1.807) is 18.9 Å². The number of ether oxygens (including phenoxy) is 1. The van der Waals surface area contributed by atoms with Crippen LogP contribution in [0.1, 0.15) is 19.3 Å². The summed E-state index contributed by atoms with van der Waals surface area (Å²) in [5.74, 6) is 1.05. The Kier molecular flexibility index (Phi) is 8.71. The van der Waals surface area contributed by atoms with Crippen molar-refractivity contribution in [3.05, 3.63) is 0 Å². The van der Waals surface area contributed by atoms with E-state index in [-0.39, 0.29) is 6.42 Å². The third kappa shape index (κ3) is 9.78. The Labute approximate surface area is 77.5 Å². The SMILES string of the molecule is COCCCCSCCC(=O)O. The summed E-state index contributed by atoms with van der Waals surface area (Å²) in [5.41, 5.74) is 0. The number of unbranched alkanes of at least 4 members (excludes halogenated alkanes) is 1. The van der Waals surface area contributed by atoms with Gasteiger partial charge in [-0.15, -0.1) is 0 Å². The van der Waals surface area contributed by atoms with E-state index in [1.165, 1.54) is 0 Å². The zero-order valence-corrected chi connectivity index (χ0v) is 8.23. The number of carboxylic acid groups (broad SMARTS) is 1. The molecule has 0 bridgehead atoms. The van der Waals surface area contributed by atoms with Crippen molar-refractivity contribution in [2.45, 2.75) is 19.3 Å². The summed E-state index contributed by atoms with van der Waals surface area (Å²) in [4.78, 5) is 10.1. The van der Waals surface area contributed by atoms with Crippen molar-refractivity contribution >= 4 is 17.7 Å². The molecule has 72 valence electrons. The molecular weight excluding hydrogens is 176 g/mol. The third-order valence-electron chi connectivity index (χ3n) is 1.35. The van der Waals surface area contributed by atoms with Gasteiger partial charge in [0.05, 0.1) is 6.42 Å². The molecule has 0 aliphatic heterocycles. The first-order chi connectivity index (χ1) is 5.77. The molecule has 4 heteroatoms. The molecule has 0 aliphatic rings. The Morgan fingerprint density at radius 3 is 2.75 bits per heavy atom. The zero-order chi connectivity index (χ0) is 9.23. The van der Waals surface area contributed by atoms with Crippen LogP contribution in [-0.2, 0) is 9.53 Å². The zero-order valence-electron chi connectivity index (χ0n) is 7.41. The van der Waals surface area contributed by atoms with Crippen molar-refractivity contribution in [2.24, 2.45) is 0 Å². The van der Waals surface area contributed by atoms with Crippen molar-refractivity contribution in [3.8, 4) is 0 Å². The smallest absolute Gasteiger partial charge is 0.304 e. The summed E-state index contributed by atoms with van der Waals surface area (Å²) in [6.07, 6.45) is 2.45. The average molecular weight is 192 g/mol. The second-order valence-corrected chi connectivity index (χ2v) is 3.68. The van der Waals surface area contributed by atoms with Gasteiger partial charge in [0.25, 0.3) is 0 Å². The minimum atomic E-state index is -0.709. The molecule has 0 spiro atoms. The van der Waals surface area contributed by atoms with E-state index in [2.05, 4.69) is 0 Å². The van der Waals surface area contributed by atoms with Gasteiger partial charge in [0.1, 0.15) is 0 Å². The lowest BCUT2D eigenvalue weighted by Gasteiger charge is -1.99. The van der Waals surface area contributed by atoms with Gasteiger partial charge < -0.3 is 9.84 Å². The van der Waals surface area contributed by atoms with Gasteiger partial charge in [-0.2, -0.15) is 11.8 Å². The lowest BCUT2D eigenvalue weighted by atomic mass is 10.4. The minimum absolute atomic E-state index is 0.273. The Bertz CT molecular complexity index is 117. The van der Waals surface area contributed by atoms with Crippen LogP contribution in [0.5, 0.6) is 0 Å². The van der Waals surface area contributed by atoms with Gasteiger partial charge in [0.2, 0.25) is 0 Å². The Balaban J connectivity index is 2.86. The molecule has 12 heavy (non-hydrogen) atoms. The predicted octanol–water partition coefficient (Wildman–Crippen LogP) is 1.62. The van der Waals surface area contributed by atoms with E-state index >= 15 is 0 Å². The Morgan fingerprint density at radius 2 is 2.17 bits per heavy atom. The molecule has 0 fully saturated rings. The first-order valence-corrected chi connectivity index (χ1v) is 5.21. The summed E-state index contributed by atoms with van der Waals surface area (Å²) >= 11 is 1.70. The molecule has 0 aromatic rings. The summed E-state index contributed by atoms with van der Waals surface area (Å²) in [6.45, 7) is 0.805. The Hall–Kier alpha value is -0.220. The summed E-state index contributed by atoms with van der Waals surface area (Å²) in [7, 11) is 1.69. The third-order valence-corrected chi connectivity index (χ3v) is 2.42. The molecule has 0 saturated heterocycles. The summed E-state index contributed by atoms with van der Waals surface area (Å²) in [6, 6.07) is 0. The van der Waals surface area contributed by atoms with E-state index in [9.17, 15) is 4.79 Å². The van der Waals surface area contributed by atoms with Gasteiger partial charge in [0.15, 0.2) is 0 Å². The molecule has 0 aromatic heterocycles. The van der Waals surface area contributed by atoms with Crippen LogP contribution in [0.25, 0.3) is 0 Å². The van der Waals surface area contributed by atoms with Crippen LogP contribution in [0.15, 0.2) is 0 Å². The van der Waals surface area contributed by atoms with Crippen molar-refractivity contribution in [3.63, 3.8) is 0 Å². The van der Waals surface area contributed by atoms with Crippen LogP contribution < -0.4 is 0 Å². The standard InChI is InChI=1S/C8H16O3S/c1-11-5-2-3-6-12-7-4-8(9)10/h2-7H2,1H3,(H,9,10). The lowest BCUT2D eigenvalue weighted by Crippen LogP contribution is -1.97. The molecule has 0 aliphatic carbocycles. The van der Waals surface area contributed by atoms with Crippen molar-refractivity contribution in [1.29, 1.82) is 0 Å². The lowest BCUT2D eigenvalue weighted by molar-refractivity contribution is -0.136. The fourth-order valence-electron chi connectivity index (χ4n) is 0.712. The van der Waals surface area contributed by atoms with E-state index in [4.69, 9.17) is 9.84 Å². The minimum Gasteiger partial charge on any atom is -0.481 e. The number of carboxylic acids is 1. The monoisotopic (exact) mass is 192 g/mol. The first-order valence-electron chi connectivity index (χ1n) is 4.06. The largest absolute Gasteiger partial charge is 0.481 e. The Morgan fingerprint density at radius 1 is 1.42 bits per heavy atom. The van der Waals surface area contributed by atoms with Crippen LogP contribution >= 0.6 is 11.8 Å². The van der Waals surface area contributed by atoms with E-state index in [1.807, 2.05) is 0 Å². The van der Waals surface area contributed by atoms with Crippen LogP contribution in [0, 0.1) is 0 Å². The van der Waals surface area contributed by atoms with Crippen LogP contribution in [-0.4, -0.2) is 36.3 Å². The summed E-state index contributed by atoms with van der Waals surface area (Å²) < 4.78 is 4.88. The molecule has 0 saturated carbocycles. The van der Waals surface area contributed by atoms with Gasteiger partial charge >= 0.3 is 5.97 Å². The topological polar surface area (TPSA) is 46.5 Å². The highest BCUT2D eigenvalue weighted by molar-refractivity contribution is 7.99. The highest BCUT2D eigenvalue weighted by atomic mass is 32.2. The van der Waals surface area contributed by atoms with Gasteiger partial charge in [-0.25, -0.2) is 0 Å². The fourth-order valence-corrected chi connectivity index (χ4v) is 1.64. The van der Waals surface area contributed by atoms with Crippen LogP contribution in [0.2, 0.25) is 0 Å². The predicted molar refractivity (Wildman–Crippen MR) is 50.7 cm³/mol. The summed E-state index contributed by atoms with van der Waals surface area (Å²) in [5, 5.41) is 8.32. The molecule has 0 aromatic carbocycles. The van der Waals surface area contributed by atoms with Gasteiger partial charge in [-0.1, -0.05) is 0 Å². The maximum absolute atomic E-state index is 10.1. The number of hydrogen-bond acceptors (Lipinski definition) is 3. The van der Waals surface area contributed by atoms with Crippen molar-refractivity contribution < 1.29 is 14.6 Å². The number of methoxy groups -OCH3 is 1. The average Bonchev–Trinajstić information content (AvgIpc) is 2.02. The molecular formula is C8H16O3S. The number of carbonyl (C=O) groups is 1. The fraction of sp³-hybridized carbons (Fsp3) is 0.875. The maximum atomic E-state index is 10.1. The second-order valence-electron chi connectivity index (χ2n) is 2.46. The van der Waals surface area contributed by atoms with E-state index < -0.39 is 5.97 Å². The number of hydrogen-bond donors (Lipinski definition) is 1. The van der Waals surface area contributed by atoms with Crippen LogP contribution in [0.4, 0.5) is 0 Å². The molecule has 0 atom stereocenters. The molecule has 0 rings (SSSR count). The normalized spacial score (nSPS) is 10.1. The quantitative estimate of drug-likeness (QED) is 0.594. The molecule has 3 nitrogen and oxygen atoms in total. The first kappa shape index (κ1) is 11.8. The molecule has 0 heterocycles. The van der Waals surface area contributed by atoms with Crippen LogP contribution in [0.3, 0.4) is 0 Å². The van der Waals surface area contributed by atoms with Gasteiger partial charge in [0, 0.05) is 19.5 Å². The highest BCUT2D eigenvalue weighted by Crippen LogP contribution is 2.05. The number of thioether (sulfide) groups is 1. The van der Waals surface area contributed by atoms with Gasteiger partial charge in [-0.3, -0.25) is 4.79 Å². The van der Waals surface area contributed by atoms with Crippen molar-refractivity contribution in [1.82, 2.24) is 0 Å². The van der Waals surface area contributed by atoms with Gasteiger partial charge in [-0.05, 0) is 18.6 Å². The molecule has 0 amide bonds. The van der Waals surface area contributed by atoms with E-state index in [0.717, 1.165) is 31.0 Å². The molecule has 0 unspecified atom stereocenters. The molecule has 0 radical (unpaired) electrons. The number of rotatable bonds is 8. The highest BCUT2D eigenvalue weighted by Gasteiger charge is 1.95. The van der Waals surface area contributed by atoms with Crippen molar-refractivity contribution in [2.75, 3.05) is 25.2 Å². The molecule has 1 N–H and O–H groups in total. The maximum Gasteiger partial charge on any atom is 0.304 e. The second kappa shape index (κ2) is 8.87. The number of aliphatic carboxylic acids is 1.